The number of nitrogens with zero attached hydrogens (tertiary/aromatic N) is 3. The van der Waals surface area contributed by atoms with Crippen LogP contribution in [0.2, 0.25) is 0 Å². The maximum atomic E-state index is 11.8. The first-order valence-electron chi connectivity index (χ1n) is 5.76. The number of nitrogens with one attached hydrogen (secondary N) is 1. The van der Waals surface area contributed by atoms with Gasteiger partial charge in [-0.1, -0.05) is 0 Å². The molecule has 0 saturated heterocycles. The number of hydrogen-bond acceptors (Lipinski definition) is 7. The Hall–Kier alpha value is -2.68. The van der Waals surface area contributed by atoms with E-state index in [9.17, 15) is 15.0 Å². The molecular formula is C12H12N4O4S. The quantitative estimate of drug-likeness (QED) is 0.441. The van der Waals surface area contributed by atoms with E-state index in [1.807, 2.05) is 0 Å². The van der Waals surface area contributed by atoms with Crippen LogP contribution >= 0.6 is 12.2 Å². The van der Waals surface area contributed by atoms with Gasteiger partial charge in [0.15, 0.2) is 11.5 Å². The molecule has 9 heteroatoms. The minimum atomic E-state index is -0.454. The molecule has 21 heavy (non-hydrogen) atoms. The third kappa shape index (κ3) is 2.92. The molecule has 3 N–H and O–H groups in total. The number of rotatable bonds is 3. The summed E-state index contributed by atoms with van der Waals surface area (Å²) in [5.74, 6) is -0.650. The van der Waals surface area contributed by atoms with E-state index in [-0.39, 0.29) is 27.7 Å². The molecule has 110 valence electrons. The summed E-state index contributed by atoms with van der Waals surface area (Å²) in [6.45, 7) is 1.52. The van der Waals surface area contributed by atoms with Crippen LogP contribution in [0.5, 0.6) is 17.2 Å². The Kier molecular flexibility index (Phi) is 4.03. The Morgan fingerprint density at radius 1 is 1.48 bits per heavy atom. The third-order valence-electron chi connectivity index (χ3n) is 2.63. The summed E-state index contributed by atoms with van der Waals surface area (Å²) < 4.78 is 5.91. The van der Waals surface area contributed by atoms with E-state index in [1.165, 1.54) is 32.4 Å². The molecule has 0 radical (unpaired) electrons. The number of aryl methyl sites for hydroxylation is 1. The summed E-state index contributed by atoms with van der Waals surface area (Å²) in [6, 6.07) is 2.72. The smallest absolute Gasteiger partial charge is 0.296 e. The average molecular weight is 308 g/mol. The molecule has 0 saturated carbocycles. The number of phenolic OH excluding ortho intramolecular Hbond substituents is 2. The standard InChI is InChI=1S/C12H12N4O4S/c1-6-11(19)16(12(21)15-14-6)13-5-7-3-8(17)10(18)9(4-7)20-2/h3-5,17-18H,1-2H3,(H,15,21)/b13-5+. The molecule has 1 heterocycles. The summed E-state index contributed by atoms with van der Waals surface area (Å²) in [5.41, 5.74) is 0.176. The Bertz CT molecular complexity index is 825. The first-order chi connectivity index (χ1) is 9.93. The van der Waals surface area contributed by atoms with Crippen molar-refractivity contribution < 1.29 is 14.9 Å². The molecule has 0 spiro atoms. The number of methoxy groups -OCH3 is 1. The van der Waals surface area contributed by atoms with E-state index in [0.29, 0.717) is 5.56 Å². The zero-order chi connectivity index (χ0) is 15.6. The predicted octanol–water partition coefficient (Wildman–Crippen LogP) is 0.911. The lowest BCUT2D eigenvalue weighted by Crippen LogP contribution is -2.22. The zero-order valence-electron chi connectivity index (χ0n) is 11.2. The van der Waals surface area contributed by atoms with Crippen molar-refractivity contribution in [2.45, 2.75) is 6.92 Å². The normalized spacial score (nSPS) is 11.0. The highest BCUT2D eigenvalue weighted by molar-refractivity contribution is 7.71. The van der Waals surface area contributed by atoms with Crippen LogP contribution in [0, 0.1) is 11.7 Å². The molecule has 0 amide bonds. The molecule has 0 aliphatic carbocycles. The molecule has 0 aliphatic rings. The number of aromatic nitrogens is 3. The number of benzene rings is 1. The third-order valence-corrected chi connectivity index (χ3v) is 2.90. The second kappa shape index (κ2) is 5.75. The van der Waals surface area contributed by atoms with Gasteiger partial charge in [0.25, 0.3) is 5.56 Å². The van der Waals surface area contributed by atoms with Gasteiger partial charge >= 0.3 is 0 Å². The van der Waals surface area contributed by atoms with Gasteiger partial charge < -0.3 is 14.9 Å². The molecule has 0 bridgehead atoms. The lowest BCUT2D eigenvalue weighted by molar-refractivity contribution is 0.351. The van der Waals surface area contributed by atoms with Crippen LogP contribution in [0.15, 0.2) is 22.0 Å². The van der Waals surface area contributed by atoms with E-state index in [1.54, 1.807) is 0 Å². The second-order valence-corrected chi connectivity index (χ2v) is 4.45. The summed E-state index contributed by atoms with van der Waals surface area (Å²) >= 11 is 4.93. The van der Waals surface area contributed by atoms with Gasteiger partial charge in [0.2, 0.25) is 10.5 Å². The summed E-state index contributed by atoms with van der Waals surface area (Å²) in [6.07, 6.45) is 1.30. The fourth-order valence-electron chi connectivity index (χ4n) is 1.55. The van der Waals surface area contributed by atoms with Crippen molar-refractivity contribution in [2.75, 3.05) is 7.11 Å². The minimum absolute atomic E-state index is 0.0387. The highest BCUT2D eigenvalue weighted by atomic mass is 32.1. The SMILES string of the molecule is COc1cc(/C=N/n2c(=S)[nH]nc(C)c2=O)cc(O)c1O. The average Bonchev–Trinajstić information content (AvgIpc) is 2.46. The number of aromatic hydroxyl groups is 2. The van der Waals surface area contributed by atoms with Gasteiger partial charge in [-0.15, -0.1) is 0 Å². The van der Waals surface area contributed by atoms with Gasteiger partial charge in [-0.3, -0.25) is 9.89 Å². The fraction of sp³-hybridized carbons (Fsp3) is 0.167. The Morgan fingerprint density at radius 3 is 2.86 bits per heavy atom. The lowest BCUT2D eigenvalue weighted by atomic mass is 10.2. The van der Waals surface area contributed by atoms with E-state index in [2.05, 4.69) is 15.3 Å². The van der Waals surface area contributed by atoms with Crippen molar-refractivity contribution in [3.63, 3.8) is 0 Å². The maximum Gasteiger partial charge on any atom is 0.296 e. The van der Waals surface area contributed by atoms with Gasteiger partial charge in [-0.2, -0.15) is 14.9 Å². The van der Waals surface area contributed by atoms with Crippen molar-refractivity contribution in [1.82, 2.24) is 14.9 Å². The predicted molar refractivity (Wildman–Crippen MR) is 77.7 cm³/mol. The van der Waals surface area contributed by atoms with Crippen molar-refractivity contribution in [3.05, 3.63) is 38.5 Å². The van der Waals surface area contributed by atoms with Crippen molar-refractivity contribution in [3.8, 4) is 17.2 Å². The number of phenols is 2. The second-order valence-electron chi connectivity index (χ2n) is 4.07. The number of H-pyrrole nitrogens is 1. The van der Waals surface area contributed by atoms with Gasteiger partial charge in [-0.05, 0) is 31.3 Å². The molecule has 2 rings (SSSR count). The first-order valence-corrected chi connectivity index (χ1v) is 6.17. The van der Waals surface area contributed by atoms with E-state index in [0.717, 1.165) is 4.68 Å². The fourth-order valence-corrected chi connectivity index (χ4v) is 1.72. The molecule has 0 unspecified atom stereocenters. The van der Waals surface area contributed by atoms with Crippen LogP contribution in [0.1, 0.15) is 11.3 Å². The summed E-state index contributed by atoms with van der Waals surface area (Å²) in [4.78, 5) is 11.8. The highest BCUT2D eigenvalue weighted by Crippen LogP contribution is 2.35. The summed E-state index contributed by atoms with van der Waals surface area (Å²) in [7, 11) is 1.35. The van der Waals surface area contributed by atoms with Crippen LogP contribution in [-0.4, -0.2) is 38.4 Å². The van der Waals surface area contributed by atoms with Crippen LogP contribution in [-0.2, 0) is 0 Å². The minimum Gasteiger partial charge on any atom is -0.504 e. The molecule has 2 aromatic rings. The van der Waals surface area contributed by atoms with Crippen LogP contribution < -0.4 is 10.3 Å². The van der Waals surface area contributed by atoms with Crippen LogP contribution in [0.25, 0.3) is 0 Å². The molecule has 1 aromatic carbocycles. The summed E-state index contributed by atoms with van der Waals surface area (Å²) in [5, 5.41) is 29.2. The van der Waals surface area contributed by atoms with Crippen LogP contribution in [0.3, 0.4) is 0 Å². The Morgan fingerprint density at radius 2 is 2.19 bits per heavy atom. The molecular weight excluding hydrogens is 296 g/mol. The largest absolute Gasteiger partial charge is 0.504 e. The van der Waals surface area contributed by atoms with Gasteiger partial charge in [-0.25, -0.2) is 0 Å². The van der Waals surface area contributed by atoms with Crippen molar-refractivity contribution >= 4 is 18.4 Å². The highest BCUT2D eigenvalue weighted by Gasteiger charge is 2.09. The maximum absolute atomic E-state index is 11.8. The van der Waals surface area contributed by atoms with E-state index < -0.39 is 5.56 Å². The zero-order valence-corrected chi connectivity index (χ0v) is 12.0. The Balaban J connectivity index is 2.48. The molecule has 0 atom stereocenters. The van der Waals surface area contributed by atoms with Gasteiger partial charge in [0.05, 0.1) is 13.3 Å². The van der Waals surface area contributed by atoms with E-state index in [4.69, 9.17) is 17.0 Å². The van der Waals surface area contributed by atoms with Crippen molar-refractivity contribution in [2.24, 2.45) is 5.10 Å². The van der Waals surface area contributed by atoms with E-state index >= 15 is 0 Å². The van der Waals surface area contributed by atoms with Crippen molar-refractivity contribution in [1.29, 1.82) is 0 Å². The molecule has 1 aromatic heterocycles. The van der Waals surface area contributed by atoms with Gasteiger partial charge in [0.1, 0.15) is 5.69 Å². The number of hydrogen-bond donors (Lipinski definition) is 3. The first kappa shape index (κ1) is 14.7. The monoisotopic (exact) mass is 308 g/mol. The number of aromatic amines is 1. The topological polar surface area (TPSA) is 113 Å². The van der Waals surface area contributed by atoms with Gasteiger partial charge in [0, 0.05) is 5.56 Å². The lowest BCUT2D eigenvalue weighted by Gasteiger charge is -2.06. The molecule has 8 nitrogen and oxygen atoms in total. The molecule has 0 fully saturated rings. The molecule has 0 aliphatic heterocycles. The Labute approximate surface area is 124 Å². The van der Waals surface area contributed by atoms with Crippen LogP contribution in [0.4, 0.5) is 0 Å². The number of ether oxygens (including phenoxy) is 1.